The maximum atomic E-state index is 10.3. The van der Waals surface area contributed by atoms with E-state index in [0.717, 1.165) is 24.6 Å². The second-order valence-corrected chi connectivity index (χ2v) is 6.66. The Morgan fingerprint density at radius 3 is 2.38 bits per heavy atom. The Morgan fingerprint density at radius 1 is 1.19 bits per heavy atom. The third-order valence-corrected chi connectivity index (χ3v) is 5.40. The Morgan fingerprint density at radius 2 is 1.81 bits per heavy atom. The lowest BCUT2D eigenvalue weighted by Crippen LogP contribution is -2.44. The molecule has 0 unspecified atom stereocenters. The van der Waals surface area contributed by atoms with Crippen molar-refractivity contribution in [3.8, 4) is 0 Å². The first kappa shape index (κ1) is 12.7. The van der Waals surface area contributed by atoms with Gasteiger partial charge in [0.05, 0.1) is 5.60 Å². The first-order valence-corrected chi connectivity index (χ1v) is 7.99. The summed E-state index contributed by atoms with van der Waals surface area (Å²) in [6.07, 6.45) is 11.9. The molecule has 2 aliphatic carbocycles. The van der Waals surface area contributed by atoms with Crippen LogP contribution >= 0.6 is 11.8 Å². The van der Waals surface area contributed by atoms with Crippen molar-refractivity contribution >= 4 is 11.8 Å². The number of nitrogens with one attached hydrogen (secondary N) is 1. The second kappa shape index (κ2) is 5.74. The van der Waals surface area contributed by atoms with Gasteiger partial charge in [-0.2, -0.15) is 11.8 Å². The zero-order valence-electron chi connectivity index (χ0n) is 10.4. The van der Waals surface area contributed by atoms with Gasteiger partial charge in [-0.05, 0) is 44.8 Å². The standard InChI is InChI=1S/C13H25NOS/c1-16-12-6-4-11(5-7-12)14-10-13(15)8-2-3-9-13/h11-12,14-15H,2-10H2,1H3. The van der Waals surface area contributed by atoms with E-state index >= 15 is 0 Å². The average molecular weight is 243 g/mol. The highest BCUT2D eigenvalue weighted by Gasteiger charge is 2.31. The van der Waals surface area contributed by atoms with Gasteiger partial charge in [-0.25, -0.2) is 0 Å². The fraction of sp³-hybridized carbons (Fsp3) is 1.00. The van der Waals surface area contributed by atoms with E-state index in [1.165, 1.54) is 38.5 Å². The van der Waals surface area contributed by atoms with Crippen LogP contribution in [-0.4, -0.2) is 34.8 Å². The maximum absolute atomic E-state index is 10.3. The minimum atomic E-state index is -0.379. The van der Waals surface area contributed by atoms with Crippen LogP contribution in [0.5, 0.6) is 0 Å². The van der Waals surface area contributed by atoms with Crippen LogP contribution in [0, 0.1) is 0 Å². The molecule has 0 heterocycles. The van der Waals surface area contributed by atoms with Crippen LogP contribution in [0.2, 0.25) is 0 Å². The summed E-state index contributed by atoms with van der Waals surface area (Å²) in [5.74, 6) is 0. The van der Waals surface area contributed by atoms with E-state index in [1.807, 2.05) is 11.8 Å². The molecular weight excluding hydrogens is 218 g/mol. The molecule has 0 aliphatic heterocycles. The van der Waals surface area contributed by atoms with Crippen molar-refractivity contribution in [2.45, 2.75) is 68.3 Å². The Kier molecular flexibility index (Phi) is 4.57. The quantitative estimate of drug-likeness (QED) is 0.796. The van der Waals surface area contributed by atoms with Crippen molar-refractivity contribution in [1.82, 2.24) is 5.32 Å². The summed E-state index contributed by atoms with van der Waals surface area (Å²) in [5.41, 5.74) is -0.379. The normalized spacial score (nSPS) is 34.1. The summed E-state index contributed by atoms with van der Waals surface area (Å²) in [6, 6.07) is 0.660. The van der Waals surface area contributed by atoms with Gasteiger partial charge in [-0.3, -0.25) is 0 Å². The van der Waals surface area contributed by atoms with Gasteiger partial charge < -0.3 is 10.4 Å². The van der Waals surface area contributed by atoms with Crippen molar-refractivity contribution in [3.05, 3.63) is 0 Å². The molecule has 2 rings (SSSR count). The predicted molar refractivity (Wildman–Crippen MR) is 71.0 cm³/mol. The molecule has 3 heteroatoms. The van der Waals surface area contributed by atoms with E-state index in [0.29, 0.717) is 6.04 Å². The minimum absolute atomic E-state index is 0.379. The van der Waals surface area contributed by atoms with Crippen molar-refractivity contribution in [1.29, 1.82) is 0 Å². The van der Waals surface area contributed by atoms with E-state index in [-0.39, 0.29) is 5.60 Å². The molecule has 2 N–H and O–H groups in total. The number of rotatable bonds is 4. The number of hydrogen-bond donors (Lipinski definition) is 2. The molecule has 16 heavy (non-hydrogen) atoms. The van der Waals surface area contributed by atoms with Gasteiger partial charge in [0, 0.05) is 17.8 Å². The molecule has 2 saturated carbocycles. The highest BCUT2D eigenvalue weighted by Crippen LogP contribution is 2.30. The van der Waals surface area contributed by atoms with Crippen LogP contribution in [0.15, 0.2) is 0 Å². The fourth-order valence-electron chi connectivity index (χ4n) is 3.05. The third kappa shape index (κ3) is 3.38. The molecule has 2 fully saturated rings. The zero-order chi connectivity index (χ0) is 11.4. The highest BCUT2D eigenvalue weighted by molar-refractivity contribution is 7.99. The number of aliphatic hydroxyl groups is 1. The van der Waals surface area contributed by atoms with Crippen molar-refractivity contribution in [2.75, 3.05) is 12.8 Å². The molecule has 0 spiro atoms. The van der Waals surface area contributed by atoms with Crippen molar-refractivity contribution in [3.63, 3.8) is 0 Å². The van der Waals surface area contributed by atoms with E-state index in [2.05, 4.69) is 11.6 Å². The van der Waals surface area contributed by atoms with Gasteiger partial charge in [0.25, 0.3) is 0 Å². The third-order valence-electron chi connectivity index (χ3n) is 4.26. The second-order valence-electron chi connectivity index (χ2n) is 5.52. The highest BCUT2D eigenvalue weighted by atomic mass is 32.2. The molecular formula is C13H25NOS. The summed E-state index contributed by atoms with van der Waals surface area (Å²) in [7, 11) is 0. The summed E-state index contributed by atoms with van der Waals surface area (Å²) in [5, 5.41) is 14.7. The lowest BCUT2D eigenvalue weighted by molar-refractivity contribution is 0.0435. The molecule has 0 amide bonds. The SMILES string of the molecule is CSC1CCC(NCC2(O)CCCC2)CC1. The zero-order valence-corrected chi connectivity index (χ0v) is 11.2. The lowest BCUT2D eigenvalue weighted by Gasteiger charge is -2.31. The van der Waals surface area contributed by atoms with Crippen LogP contribution < -0.4 is 5.32 Å². The smallest absolute Gasteiger partial charge is 0.0771 e. The molecule has 0 saturated heterocycles. The fourth-order valence-corrected chi connectivity index (χ4v) is 3.79. The van der Waals surface area contributed by atoms with Gasteiger partial charge in [0.2, 0.25) is 0 Å². The Bertz CT molecular complexity index is 208. The van der Waals surface area contributed by atoms with Crippen LogP contribution in [-0.2, 0) is 0 Å². The molecule has 0 bridgehead atoms. The minimum Gasteiger partial charge on any atom is -0.389 e. The number of hydrogen-bond acceptors (Lipinski definition) is 3. The first-order chi connectivity index (χ1) is 7.72. The Balaban J connectivity index is 1.67. The molecule has 2 nitrogen and oxygen atoms in total. The van der Waals surface area contributed by atoms with Crippen LogP contribution in [0.3, 0.4) is 0 Å². The number of thioether (sulfide) groups is 1. The molecule has 94 valence electrons. The first-order valence-electron chi connectivity index (χ1n) is 6.70. The molecule has 0 aromatic carbocycles. The van der Waals surface area contributed by atoms with Gasteiger partial charge >= 0.3 is 0 Å². The Labute approximate surface area is 104 Å². The largest absolute Gasteiger partial charge is 0.389 e. The summed E-state index contributed by atoms with van der Waals surface area (Å²) < 4.78 is 0. The van der Waals surface area contributed by atoms with E-state index in [9.17, 15) is 5.11 Å². The monoisotopic (exact) mass is 243 g/mol. The predicted octanol–water partition coefficient (Wildman–Crippen LogP) is 2.56. The van der Waals surface area contributed by atoms with Crippen LogP contribution in [0.4, 0.5) is 0 Å². The molecule has 0 aromatic heterocycles. The van der Waals surface area contributed by atoms with Crippen LogP contribution in [0.1, 0.15) is 51.4 Å². The maximum Gasteiger partial charge on any atom is 0.0771 e. The van der Waals surface area contributed by atoms with E-state index in [1.54, 1.807) is 0 Å². The van der Waals surface area contributed by atoms with Gasteiger partial charge in [-0.1, -0.05) is 12.8 Å². The van der Waals surface area contributed by atoms with E-state index < -0.39 is 0 Å². The van der Waals surface area contributed by atoms with Crippen molar-refractivity contribution in [2.24, 2.45) is 0 Å². The van der Waals surface area contributed by atoms with Crippen LogP contribution in [0.25, 0.3) is 0 Å². The molecule has 0 atom stereocenters. The van der Waals surface area contributed by atoms with Crippen molar-refractivity contribution < 1.29 is 5.11 Å². The van der Waals surface area contributed by atoms with Gasteiger partial charge in [0.15, 0.2) is 0 Å². The molecule has 0 aromatic rings. The van der Waals surface area contributed by atoms with Gasteiger partial charge in [-0.15, -0.1) is 0 Å². The molecule has 0 radical (unpaired) electrons. The average Bonchev–Trinajstić information content (AvgIpc) is 2.75. The summed E-state index contributed by atoms with van der Waals surface area (Å²) >= 11 is 2.01. The lowest BCUT2D eigenvalue weighted by atomic mass is 9.93. The summed E-state index contributed by atoms with van der Waals surface area (Å²) in [6.45, 7) is 0.821. The topological polar surface area (TPSA) is 32.3 Å². The van der Waals surface area contributed by atoms with E-state index in [4.69, 9.17) is 0 Å². The molecule has 2 aliphatic rings. The van der Waals surface area contributed by atoms with Gasteiger partial charge in [0.1, 0.15) is 0 Å². The Hall–Kier alpha value is 0.270. The summed E-state index contributed by atoms with van der Waals surface area (Å²) in [4.78, 5) is 0.